The van der Waals surface area contributed by atoms with Crippen molar-refractivity contribution in [2.24, 2.45) is 5.92 Å². The van der Waals surface area contributed by atoms with Crippen LogP contribution in [0.4, 0.5) is 5.69 Å². The molecule has 1 aromatic rings. The minimum absolute atomic E-state index is 0.0336. The van der Waals surface area contributed by atoms with Crippen molar-refractivity contribution in [3.63, 3.8) is 0 Å². The third-order valence-corrected chi connectivity index (χ3v) is 2.59. The summed E-state index contributed by atoms with van der Waals surface area (Å²) in [7, 11) is 0. The average Bonchev–Trinajstić information content (AvgIpc) is 2.31. The molecule has 1 heterocycles. The van der Waals surface area contributed by atoms with Gasteiger partial charge in [-0.3, -0.25) is 14.6 Å². The van der Waals surface area contributed by atoms with Gasteiger partial charge in [-0.2, -0.15) is 0 Å². The number of nitrogens with one attached hydrogen (secondary N) is 1. The summed E-state index contributed by atoms with van der Waals surface area (Å²) in [5, 5.41) is 11.4. The number of carbonyl (C=O) groups excluding carboxylic acids is 1. The fourth-order valence-electron chi connectivity index (χ4n) is 1.59. The summed E-state index contributed by atoms with van der Waals surface area (Å²) in [6.45, 7) is 3.91. The summed E-state index contributed by atoms with van der Waals surface area (Å²) in [5.41, 5.74) is 1.07. The molecule has 5 heteroatoms. The first-order chi connectivity index (χ1) is 8.52. The smallest absolute Gasteiger partial charge is 0.309 e. The molecule has 1 rings (SSSR count). The number of hydrogen-bond donors (Lipinski definition) is 2. The van der Waals surface area contributed by atoms with E-state index in [9.17, 15) is 9.59 Å². The molecule has 0 radical (unpaired) electrons. The van der Waals surface area contributed by atoms with Crippen LogP contribution in [-0.4, -0.2) is 22.0 Å². The van der Waals surface area contributed by atoms with Gasteiger partial charge < -0.3 is 10.4 Å². The minimum Gasteiger partial charge on any atom is -0.481 e. The summed E-state index contributed by atoms with van der Waals surface area (Å²) in [6, 6.07) is 3.27. The Balaban J connectivity index is 2.58. The molecule has 0 spiro atoms. The summed E-state index contributed by atoms with van der Waals surface area (Å²) in [4.78, 5) is 26.2. The Morgan fingerprint density at radius 3 is 2.67 bits per heavy atom. The lowest BCUT2D eigenvalue weighted by Crippen LogP contribution is -2.20. The Morgan fingerprint density at radius 2 is 2.17 bits per heavy atom. The maximum atomic E-state index is 11.7. The normalized spacial score (nSPS) is 11.9. The number of aliphatic carboxylic acids is 1. The maximum absolute atomic E-state index is 11.7. The van der Waals surface area contributed by atoms with Crippen LogP contribution in [0.25, 0.3) is 0 Å². The van der Waals surface area contributed by atoms with Gasteiger partial charge >= 0.3 is 5.97 Å². The third kappa shape index (κ3) is 4.53. The Labute approximate surface area is 106 Å². The fourth-order valence-corrected chi connectivity index (χ4v) is 1.59. The summed E-state index contributed by atoms with van der Waals surface area (Å²) in [5.74, 6) is -0.991. The zero-order chi connectivity index (χ0) is 13.5. The molecule has 0 aliphatic rings. The molecule has 1 amide bonds. The van der Waals surface area contributed by atoms with Crippen LogP contribution in [0.15, 0.2) is 18.3 Å². The van der Waals surface area contributed by atoms with Gasteiger partial charge in [0.1, 0.15) is 0 Å². The van der Waals surface area contributed by atoms with Crippen LogP contribution in [0.5, 0.6) is 0 Å². The van der Waals surface area contributed by atoms with Crippen LogP contribution in [-0.2, 0) is 16.0 Å². The lowest BCUT2D eigenvalue weighted by molar-refractivity contribution is -0.136. The first kappa shape index (κ1) is 14.2. The van der Waals surface area contributed by atoms with E-state index in [4.69, 9.17) is 5.11 Å². The highest BCUT2D eigenvalue weighted by atomic mass is 16.4. The van der Waals surface area contributed by atoms with Crippen LogP contribution in [0, 0.1) is 5.92 Å². The Morgan fingerprint density at radius 1 is 1.44 bits per heavy atom. The van der Waals surface area contributed by atoms with Crippen molar-refractivity contribution in [2.45, 2.75) is 33.1 Å². The van der Waals surface area contributed by atoms with Gasteiger partial charge in [0.05, 0.1) is 24.0 Å². The molecule has 1 atom stereocenters. The Hall–Kier alpha value is -1.91. The quantitative estimate of drug-likeness (QED) is 0.810. The molecule has 0 aromatic carbocycles. The van der Waals surface area contributed by atoms with Gasteiger partial charge in [-0.1, -0.05) is 20.3 Å². The predicted octanol–water partition coefficient (Wildman–Crippen LogP) is 2.08. The van der Waals surface area contributed by atoms with Crippen LogP contribution < -0.4 is 5.32 Å². The molecule has 0 aliphatic heterocycles. The second-order valence-electron chi connectivity index (χ2n) is 4.29. The lowest BCUT2D eigenvalue weighted by atomic mass is 10.1. The van der Waals surface area contributed by atoms with E-state index in [1.54, 1.807) is 12.1 Å². The number of amides is 1. The van der Waals surface area contributed by atoms with E-state index in [1.807, 2.05) is 13.8 Å². The molecule has 2 N–H and O–H groups in total. The van der Waals surface area contributed by atoms with E-state index in [1.165, 1.54) is 6.20 Å². The first-order valence-corrected chi connectivity index (χ1v) is 6.00. The molecule has 0 saturated carbocycles. The Kier molecular flexibility index (Phi) is 5.30. The summed E-state index contributed by atoms with van der Waals surface area (Å²) in [6.07, 6.45) is 3.18. The van der Waals surface area contributed by atoms with Crippen molar-refractivity contribution in [1.82, 2.24) is 4.98 Å². The molecule has 5 nitrogen and oxygen atoms in total. The largest absolute Gasteiger partial charge is 0.481 e. The van der Waals surface area contributed by atoms with E-state index in [-0.39, 0.29) is 18.2 Å². The number of carbonyl (C=O) groups is 2. The second-order valence-corrected chi connectivity index (χ2v) is 4.29. The number of hydrogen-bond acceptors (Lipinski definition) is 3. The molecule has 98 valence electrons. The van der Waals surface area contributed by atoms with E-state index in [2.05, 4.69) is 10.3 Å². The molecule has 0 bridgehead atoms. The molecular formula is C13H18N2O3. The van der Waals surface area contributed by atoms with E-state index in [0.29, 0.717) is 11.4 Å². The molecule has 18 heavy (non-hydrogen) atoms. The van der Waals surface area contributed by atoms with Crippen molar-refractivity contribution in [3.8, 4) is 0 Å². The van der Waals surface area contributed by atoms with Crippen LogP contribution in [0.3, 0.4) is 0 Å². The van der Waals surface area contributed by atoms with Gasteiger partial charge in [0, 0.05) is 5.92 Å². The minimum atomic E-state index is -0.921. The fraction of sp³-hybridized carbons (Fsp3) is 0.462. The monoisotopic (exact) mass is 250 g/mol. The molecule has 0 aliphatic carbocycles. The van der Waals surface area contributed by atoms with Crippen molar-refractivity contribution < 1.29 is 14.7 Å². The molecule has 1 unspecified atom stereocenters. The van der Waals surface area contributed by atoms with E-state index >= 15 is 0 Å². The van der Waals surface area contributed by atoms with Gasteiger partial charge in [0.25, 0.3) is 0 Å². The average molecular weight is 250 g/mol. The molecule has 0 fully saturated rings. The van der Waals surface area contributed by atoms with Gasteiger partial charge in [-0.05, 0) is 18.6 Å². The molecule has 1 aromatic heterocycles. The first-order valence-electron chi connectivity index (χ1n) is 6.00. The molecule has 0 saturated heterocycles. The van der Waals surface area contributed by atoms with Gasteiger partial charge in [0.15, 0.2) is 0 Å². The topological polar surface area (TPSA) is 79.3 Å². The highest BCUT2D eigenvalue weighted by Crippen LogP contribution is 2.11. The highest BCUT2D eigenvalue weighted by molar-refractivity contribution is 5.92. The number of anilines is 1. The van der Waals surface area contributed by atoms with Crippen molar-refractivity contribution in [3.05, 3.63) is 24.0 Å². The van der Waals surface area contributed by atoms with Crippen molar-refractivity contribution in [2.75, 3.05) is 5.32 Å². The number of pyridine rings is 1. The van der Waals surface area contributed by atoms with E-state index in [0.717, 1.165) is 12.8 Å². The summed E-state index contributed by atoms with van der Waals surface area (Å²) >= 11 is 0. The number of carboxylic acid groups (broad SMARTS) is 1. The van der Waals surface area contributed by atoms with Gasteiger partial charge in [-0.25, -0.2) is 0 Å². The van der Waals surface area contributed by atoms with Crippen LogP contribution in [0.2, 0.25) is 0 Å². The lowest BCUT2D eigenvalue weighted by Gasteiger charge is -2.10. The Bertz CT molecular complexity index is 415. The van der Waals surface area contributed by atoms with Gasteiger partial charge in [0.2, 0.25) is 5.91 Å². The SMILES string of the molecule is CCCC(C)C(=O)Nc1ccc(CC(=O)O)nc1. The zero-order valence-corrected chi connectivity index (χ0v) is 10.6. The molecular weight excluding hydrogens is 232 g/mol. The number of rotatable bonds is 6. The second kappa shape index (κ2) is 6.74. The number of nitrogens with zero attached hydrogens (tertiary/aromatic N) is 1. The third-order valence-electron chi connectivity index (χ3n) is 2.59. The van der Waals surface area contributed by atoms with E-state index < -0.39 is 5.97 Å². The van der Waals surface area contributed by atoms with Crippen molar-refractivity contribution in [1.29, 1.82) is 0 Å². The highest BCUT2D eigenvalue weighted by Gasteiger charge is 2.12. The van der Waals surface area contributed by atoms with Gasteiger partial charge in [-0.15, -0.1) is 0 Å². The number of carboxylic acids is 1. The standard InChI is InChI=1S/C13H18N2O3/c1-3-4-9(2)13(18)15-11-6-5-10(14-8-11)7-12(16)17/h5-6,8-9H,3-4,7H2,1-2H3,(H,15,18)(H,16,17). The van der Waals surface area contributed by atoms with Crippen molar-refractivity contribution >= 4 is 17.6 Å². The predicted molar refractivity (Wildman–Crippen MR) is 68.3 cm³/mol. The number of aromatic nitrogens is 1. The zero-order valence-electron chi connectivity index (χ0n) is 10.6. The van der Waals surface area contributed by atoms with Crippen LogP contribution >= 0.6 is 0 Å². The summed E-state index contributed by atoms with van der Waals surface area (Å²) < 4.78 is 0. The maximum Gasteiger partial charge on any atom is 0.309 e. The van der Waals surface area contributed by atoms with Crippen LogP contribution in [0.1, 0.15) is 32.4 Å².